The van der Waals surface area contributed by atoms with Crippen LogP contribution in [-0.4, -0.2) is 9.13 Å². The molecule has 11 rings (SSSR count). The Morgan fingerprint density at radius 1 is 0.196 bits per heavy atom. The normalized spacial score (nSPS) is 11.6. The first-order chi connectivity index (χ1) is 27.8. The highest BCUT2D eigenvalue weighted by Crippen LogP contribution is 2.40. The summed E-state index contributed by atoms with van der Waals surface area (Å²) in [6.45, 7) is 0. The molecule has 0 spiro atoms. The van der Waals surface area contributed by atoms with Crippen LogP contribution in [0.1, 0.15) is 0 Å². The SMILES string of the molecule is c1ccc(-c2cccc(-c3ccc4c(c3)c3cc(-c5ccccc5)ccc3n4-c3ccc4c(c3)c3ccccc3n4-c3cccc(-c4ccccc4)c3)c2)cc1. The molecule has 0 bridgehead atoms. The fourth-order valence-corrected chi connectivity index (χ4v) is 8.63. The van der Waals surface area contributed by atoms with Gasteiger partial charge in [-0.1, -0.05) is 152 Å². The number of aromatic nitrogens is 2. The molecule has 2 nitrogen and oxygen atoms in total. The van der Waals surface area contributed by atoms with Crippen LogP contribution < -0.4 is 0 Å². The molecule has 262 valence electrons. The van der Waals surface area contributed by atoms with Gasteiger partial charge in [-0.3, -0.25) is 0 Å². The van der Waals surface area contributed by atoms with Gasteiger partial charge in [-0.15, -0.1) is 0 Å². The number of para-hydroxylation sites is 1. The van der Waals surface area contributed by atoms with Crippen LogP contribution in [0.5, 0.6) is 0 Å². The Labute approximate surface area is 325 Å². The van der Waals surface area contributed by atoms with Crippen molar-refractivity contribution in [3.05, 3.63) is 218 Å². The second-order valence-corrected chi connectivity index (χ2v) is 14.6. The van der Waals surface area contributed by atoms with Crippen molar-refractivity contribution < 1.29 is 0 Å². The lowest BCUT2D eigenvalue weighted by atomic mass is 9.97. The van der Waals surface area contributed by atoms with E-state index >= 15 is 0 Å². The molecule has 11 aromatic rings. The highest BCUT2D eigenvalue weighted by molar-refractivity contribution is 6.13. The van der Waals surface area contributed by atoms with Crippen molar-refractivity contribution in [3.63, 3.8) is 0 Å². The molecule has 2 aromatic heterocycles. The van der Waals surface area contributed by atoms with Gasteiger partial charge in [0.1, 0.15) is 0 Å². The number of rotatable bonds is 6. The molecule has 0 fully saturated rings. The van der Waals surface area contributed by atoms with Crippen molar-refractivity contribution in [1.29, 1.82) is 0 Å². The van der Waals surface area contributed by atoms with Crippen LogP contribution in [0.15, 0.2) is 218 Å². The zero-order valence-electron chi connectivity index (χ0n) is 30.7. The first-order valence-corrected chi connectivity index (χ1v) is 19.3. The van der Waals surface area contributed by atoms with Gasteiger partial charge in [-0.05, 0) is 111 Å². The van der Waals surface area contributed by atoms with E-state index in [9.17, 15) is 0 Å². The highest BCUT2D eigenvalue weighted by atomic mass is 15.0. The maximum absolute atomic E-state index is 2.45. The topological polar surface area (TPSA) is 9.86 Å². The van der Waals surface area contributed by atoms with Crippen molar-refractivity contribution in [2.75, 3.05) is 0 Å². The van der Waals surface area contributed by atoms with Gasteiger partial charge in [0, 0.05) is 32.9 Å². The molecule has 0 aliphatic heterocycles. The van der Waals surface area contributed by atoms with E-state index in [0.29, 0.717) is 0 Å². The Hall–Kier alpha value is -7.42. The maximum Gasteiger partial charge on any atom is 0.0542 e. The zero-order chi connectivity index (χ0) is 37.0. The lowest BCUT2D eigenvalue weighted by Crippen LogP contribution is -1.96. The van der Waals surface area contributed by atoms with Crippen LogP contribution in [0.25, 0.3) is 99.5 Å². The van der Waals surface area contributed by atoms with Crippen molar-refractivity contribution in [2.45, 2.75) is 0 Å². The first kappa shape index (κ1) is 32.0. The van der Waals surface area contributed by atoms with E-state index in [1.807, 2.05) is 0 Å². The molecule has 0 N–H and O–H groups in total. The summed E-state index contributed by atoms with van der Waals surface area (Å²) in [5.41, 5.74) is 16.8. The molecule has 0 amide bonds. The molecule has 0 atom stereocenters. The molecule has 0 saturated heterocycles. The summed E-state index contributed by atoms with van der Waals surface area (Å²) in [4.78, 5) is 0. The van der Waals surface area contributed by atoms with Crippen molar-refractivity contribution in [2.24, 2.45) is 0 Å². The van der Waals surface area contributed by atoms with Crippen LogP contribution >= 0.6 is 0 Å². The van der Waals surface area contributed by atoms with Crippen molar-refractivity contribution in [3.8, 4) is 55.9 Å². The summed E-state index contributed by atoms with van der Waals surface area (Å²) in [6.07, 6.45) is 0. The molecule has 56 heavy (non-hydrogen) atoms. The summed E-state index contributed by atoms with van der Waals surface area (Å²) in [7, 11) is 0. The lowest BCUT2D eigenvalue weighted by molar-refractivity contribution is 1.17. The molecular formula is C54H36N2. The Balaban J connectivity index is 1.11. The minimum Gasteiger partial charge on any atom is -0.309 e. The van der Waals surface area contributed by atoms with E-state index in [1.54, 1.807) is 0 Å². The average Bonchev–Trinajstić information content (AvgIpc) is 3.79. The minimum absolute atomic E-state index is 1.14. The Morgan fingerprint density at radius 2 is 0.571 bits per heavy atom. The largest absolute Gasteiger partial charge is 0.309 e. The summed E-state index contributed by atoms with van der Waals surface area (Å²) < 4.78 is 4.86. The standard InChI is InChI=1S/C54H36N2/c1-4-14-37(15-5-1)40-20-12-21-41(32-40)44-27-30-53-49(35-44)48-34-43(39-18-8-3-9-19-39)26-29-52(48)56(53)46-28-31-54-50(36-46)47-24-10-11-25-51(47)55(54)45-23-13-22-42(33-45)38-16-6-2-7-17-38/h1-36H. The molecule has 0 aliphatic carbocycles. The minimum atomic E-state index is 1.14. The predicted molar refractivity (Wildman–Crippen MR) is 237 cm³/mol. The van der Waals surface area contributed by atoms with Gasteiger partial charge in [0.25, 0.3) is 0 Å². The summed E-state index contributed by atoms with van der Waals surface area (Å²) in [5.74, 6) is 0. The number of hydrogen-bond acceptors (Lipinski definition) is 0. The van der Waals surface area contributed by atoms with Gasteiger partial charge in [-0.2, -0.15) is 0 Å². The van der Waals surface area contributed by atoms with Crippen LogP contribution in [0.3, 0.4) is 0 Å². The van der Waals surface area contributed by atoms with E-state index in [0.717, 1.165) is 11.4 Å². The summed E-state index contributed by atoms with van der Waals surface area (Å²) in [6, 6.07) is 79.4. The number of nitrogens with zero attached hydrogens (tertiary/aromatic N) is 2. The lowest BCUT2D eigenvalue weighted by Gasteiger charge is -2.12. The monoisotopic (exact) mass is 712 g/mol. The van der Waals surface area contributed by atoms with Crippen molar-refractivity contribution in [1.82, 2.24) is 9.13 Å². The average molecular weight is 713 g/mol. The zero-order valence-corrected chi connectivity index (χ0v) is 30.7. The Kier molecular flexibility index (Phi) is 7.53. The number of fused-ring (bicyclic) bond motifs is 6. The molecular weight excluding hydrogens is 677 g/mol. The van der Waals surface area contributed by atoms with Gasteiger partial charge in [0.15, 0.2) is 0 Å². The third kappa shape index (κ3) is 5.34. The van der Waals surface area contributed by atoms with Gasteiger partial charge in [0.2, 0.25) is 0 Å². The third-order valence-electron chi connectivity index (χ3n) is 11.3. The number of benzene rings is 9. The summed E-state index contributed by atoms with van der Waals surface area (Å²) in [5, 5.41) is 4.94. The smallest absolute Gasteiger partial charge is 0.0542 e. The van der Waals surface area contributed by atoms with Gasteiger partial charge < -0.3 is 9.13 Å². The highest BCUT2D eigenvalue weighted by Gasteiger charge is 2.18. The van der Waals surface area contributed by atoms with E-state index in [-0.39, 0.29) is 0 Å². The second-order valence-electron chi connectivity index (χ2n) is 14.6. The fourth-order valence-electron chi connectivity index (χ4n) is 8.63. The molecule has 0 unspecified atom stereocenters. The van der Waals surface area contributed by atoms with E-state index in [2.05, 4.69) is 228 Å². The second kappa shape index (κ2) is 13.2. The van der Waals surface area contributed by atoms with Crippen LogP contribution in [0.4, 0.5) is 0 Å². The molecule has 2 heteroatoms. The maximum atomic E-state index is 2.45. The van der Waals surface area contributed by atoms with E-state index in [1.165, 1.54) is 88.1 Å². The Bertz CT molecular complexity index is 3220. The van der Waals surface area contributed by atoms with Gasteiger partial charge >= 0.3 is 0 Å². The van der Waals surface area contributed by atoms with Gasteiger partial charge in [0.05, 0.1) is 22.1 Å². The summed E-state index contributed by atoms with van der Waals surface area (Å²) >= 11 is 0. The number of hydrogen-bond donors (Lipinski definition) is 0. The molecule has 0 saturated carbocycles. The van der Waals surface area contributed by atoms with E-state index < -0.39 is 0 Å². The fraction of sp³-hybridized carbons (Fsp3) is 0. The third-order valence-corrected chi connectivity index (χ3v) is 11.3. The molecule has 0 radical (unpaired) electrons. The molecule has 2 heterocycles. The van der Waals surface area contributed by atoms with Crippen LogP contribution in [0, 0.1) is 0 Å². The molecule has 0 aliphatic rings. The molecule has 9 aromatic carbocycles. The van der Waals surface area contributed by atoms with Crippen LogP contribution in [-0.2, 0) is 0 Å². The van der Waals surface area contributed by atoms with Gasteiger partial charge in [-0.25, -0.2) is 0 Å². The quantitative estimate of drug-likeness (QED) is 0.162. The first-order valence-electron chi connectivity index (χ1n) is 19.3. The Morgan fingerprint density at radius 3 is 1.16 bits per heavy atom. The van der Waals surface area contributed by atoms with E-state index in [4.69, 9.17) is 0 Å². The van der Waals surface area contributed by atoms with Crippen molar-refractivity contribution >= 4 is 43.6 Å². The van der Waals surface area contributed by atoms with Crippen LogP contribution in [0.2, 0.25) is 0 Å². The predicted octanol–water partition coefficient (Wildman–Crippen LogP) is 14.5.